The Morgan fingerprint density at radius 2 is 1.93 bits per heavy atom. The molecule has 0 radical (unpaired) electrons. The zero-order chi connectivity index (χ0) is 21.3. The zero-order valence-corrected chi connectivity index (χ0v) is 16.5. The van der Waals surface area contributed by atoms with Crippen molar-refractivity contribution in [3.63, 3.8) is 0 Å². The van der Waals surface area contributed by atoms with E-state index >= 15 is 0 Å². The number of amides is 2. The first-order valence-corrected chi connectivity index (χ1v) is 9.74. The Balaban J connectivity index is 1.59. The number of carbonyl (C=O) groups excluding carboxylic acids is 2. The van der Waals surface area contributed by atoms with Crippen LogP contribution in [0.5, 0.6) is 0 Å². The van der Waals surface area contributed by atoms with E-state index < -0.39 is 35.5 Å². The minimum absolute atomic E-state index is 0.181. The van der Waals surface area contributed by atoms with E-state index in [0.29, 0.717) is 12.2 Å². The van der Waals surface area contributed by atoms with Crippen LogP contribution in [0.25, 0.3) is 11.4 Å². The SMILES string of the molecule is NC(=O)[C@H]1C[C@H](NC(=O)c2cc(Cl)ccc2F)[C@H](c2nc(-c3ccccc3)no2)C1. The maximum Gasteiger partial charge on any atom is 0.254 e. The fourth-order valence-corrected chi connectivity index (χ4v) is 3.88. The minimum Gasteiger partial charge on any atom is -0.369 e. The molecule has 0 saturated heterocycles. The molecule has 1 saturated carbocycles. The van der Waals surface area contributed by atoms with Crippen LogP contribution < -0.4 is 11.1 Å². The summed E-state index contributed by atoms with van der Waals surface area (Å²) >= 11 is 5.89. The third-order valence-corrected chi connectivity index (χ3v) is 5.48. The number of benzene rings is 2. The molecule has 2 aromatic carbocycles. The lowest BCUT2D eigenvalue weighted by Gasteiger charge is -2.18. The lowest BCUT2D eigenvalue weighted by Crippen LogP contribution is -2.37. The predicted octanol–water partition coefficient (Wildman–Crippen LogP) is 3.31. The monoisotopic (exact) mass is 428 g/mol. The van der Waals surface area contributed by atoms with E-state index in [4.69, 9.17) is 21.9 Å². The molecule has 3 N–H and O–H groups in total. The molecule has 154 valence electrons. The second-order valence-electron chi connectivity index (χ2n) is 7.20. The highest BCUT2D eigenvalue weighted by Gasteiger charge is 2.42. The first-order chi connectivity index (χ1) is 14.4. The van der Waals surface area contributed by atoms with E-state index in [1.54, 1.807) is 0 Å². The van der Waals surface area contributed by atoms with Gasteiger partial charge in [0.2, 0.25) is 17.6 Å². The van der Waals surface area contributed by atoms with E-state index in [2.05, 4.69) is 15.5 Å². The summed E-state index contributed by atoms with van der Waals surface area (Å²) in [7, 11) is 0. The summed E-state index contributed by atoms with van der Waals surface area (Å²) in [5, 5.41) is 7.02. The molecular weight excluding hydrogens is 411 g/mol. The highest BCUT2D eigenvalue weighted by molar-refractivity contribution is 6.31. The molecule has 3 atom stereocenters. The van der Waals surface area contributed by atoms with Crippen LogP contribution in [-0.4, -0.2) is 28.0 Å². The second-order valence-corrected chi connectivity index (χ2v) is 7.64. The number of rotatable bonds is 5. The fourth-order valence-electron chi connectivity index (χ4n) is 3.71. The molecule has 1 fully saturated rings. The molecule has 1 aliphatic rings. The lowest BCUT2D eigenvalue weighted by molar-refractivity contribution is -0.121. The third kappa shape index (κ3) is 4.04. The Morgan fingerprint density at radius 1 is 1.17 bits per heavy atom. The number of nitrogens with zero attached hydrogens (tertiary/aromatic N) is 2. The van der Waals surface area contributed by atoms with Gasteiger partial charge in [0.15, 0.2) is 0 Å². The molecule has 1 aliphatic carbocycles. The normalized spacial score (nSPS) is 20.8. The fraction of sp³-hybridized carbons (Fsp3) is 0.238. The Morgan fingerprint density at radius 3 is 2.67 bits per heavy atom. The van der Waals surface area contributed by atoms with Crippen LogP contribution in [0.4, 0.5) is 4.39 Å². The van der Waals surface area contributed by atoms with Crippen molar-refractivity contribution in [1.29, 1.82) is 0 Å². The largest absolute Gasteiger partial charge is 0.369 e. The van der Waals surface area contributed by atoms with Gasteiger partial charge in [-0.05, 0) is 31.0 Å². The highest BCUT2D eigenvalue weighted by atomic mass is 35.5. The van der Waals surface area contributed by atoms with Crippen LogP contribution in [-0.2, 0) is 4.79 Å². The van der Waals surface area contributed by atoms with E-state index in [-0.39, 0.29) is 22.9 Å². The van der Waals surface area contributed by atoms with E-state index in [1.807, 2.05) is 30.3 Å². The van der Waals surface area contributed by atoms with Gasteiger partial charge in [-0.3, -0.25) is 9.59 Å². The summed E-state index contributed by atoms with van der Waals surface area (Å²) in [5.41, 5.74) is 6.08. The van der Waals surface area contributed by atoms with Gasteiger partial charge in [-0.15, -0.1) is 0 Å². The number of aromatic nitrogens is 2. The third-order valence-electron chi connectivity index (χ3n) is 5.25. The molecule has 4 rings (SSSR count). The Bertz CT molecular complexity index is 1090. The molecule has 1 aromatic heterocycles. The summed E-state index contributed by atoms with van der Waals surface area (Å²) in [6.45, 7) is 0. The first kappa shape index (κ1) is 20.0. The summed E-state index contributed by atoms with van der Waals surface area (Å²) in [4.78, 5) is 28.9. The number of nitrogens with one attached hydrogen (secondary N) is 1. The predicted molar refractivity (Wildman–Crippen MR) is 107 cm³/mol. The van der Waals surface area contributed by atoms with Crippen molar-refractivity contribution in [2.45, 2.75) is 24.8 Å². The Kier molecular flexibility index (Phi) is 5.50. The van der Waals surface area contributed by atoms with E-state index in [1.165, 1.54) is 12.1 Å². The molecule has 7 nitrogen and oxygen atoms in total. The standard InChI is InChI=1S/C21H18ClFN4O3/c22-13-6-7-16(23)14(10-13)20(29)25-17-9-12(18(24)28)8-15(17)21-26-19(27-30-21)11-4-2-1-3-5-11/h1-7,10,12,15,17H,8-9H2,(H2,24,28)(H,25,29)/t12-,15-,17+/m1/s1. The highest BCUT2D eigenvalue weighted by Crippen LogP contribution is 2.38. The van der Waals surface area contributed by atoms with Crippen molar-refractivity contribution < 1.29 is 18.5 Å². The van der Waals surface area contributed by atoms with Crippen molar-refractivity contribution in [3.8, 4) is 11.4 Å². The molecule has 2 amide bonds. The summed E-state index contributed by atoms with van der Waals surface area (Å²) < 4.78 is 19.5. The van der Waals surface area contributed by atoms with Crippen LogP contribution in [0.2, 0.25) is 5.02 Å². The smallest absolute Gasteiger partial charge is 0.254 e. The second kappa shape index (κ2) is 8.23. The number of carbonyl (C=O) groups is 2. The van der Waals surface area contributed by atoms with Gasteiger partial charge >= 0.3 is 0 Å². The van der Waals surface area contributed by atoms with Crippen LogP contribution in [0, 0.1) is 11.7 Å². The first-order valence-electron chi connectivity index (χ1n) is 9.36. The van der Waals surface area contributed by atoms with Crippen molar-refractivity contribution in [1.82, 2.24) is 15.5 Å². The molecule has 3 aromatic rings. The van der Waals surface area contributed by atoms with E-state index in [0.717, 1.165) is 11.6 Å². The van der Waals surface area contributed by atoms with Gasteiger partial charge in [0.05, 0.1) is 11.5 Å². The molecule has 0 unspecified atom stereocenters. The van der Waals surface area contributed by atoms with Crippen LogP contribution in [0.3, 0.4) is 0 Å². The number of hydrogen-bond acceptors (Lipinski definition) is 5. The number of hydrogen-bond donors (Lipinski definition) is 2. The van der Waals surface area contributed by atoms with Crippen molar-refractivity contribution >= 4 is 23.4 Å². The Hall–Kier alpha value is -3.26. The van der Waals surface area contributed by atoms with Crippen LogP contribution in [0.15, 0.2) is 53.1 Å². The van der Waals surface area contributed by atoms with Gasteiger partial charge in [-0.2, -0.15) is 4.98 Å². The average molecular weight is 429 g/mol. The molecule has 0 aliphatic heterocycles. The number of nitrogens with two attached hydrogens (primary N) is 1. The van der Waals surface area contributed by atoms with Crippen molar-refractivity contribution in [2.24, 2.45) is 11.7 Å². The molecular formula is C21H18ClFN4O3. The van der Waals surface area contributed by atoms with Gasteiger partial charge in [0.1, 0.15) is 5.82 Å². The topological polar surface area (TPSA) is 111 Å². The number of primary amides is 1. The molecule has 30 heavy (non-hydrogen) atoms. The summed E-state index contributed by atoms with van der Waals surface area (Å²) in [6, 6.07) is 12.5. The van der Waals surface area contributed by atoms with Gasteiger partial charge in [0, 0.05) is 22.5 Å². The molecule has 0 bridgehead atoms. The lowest BCUT2D eigenvalue weighted by atomic mass is 10.0. The average Bonchev–Trinajstić information content (AvgIpc) is 3.37. The quantitative estimate of drug-likeness (QED) is 0.647. The number of halogens is 2. The maximum absolute atomic E-state index is 14.1. The molecule has 9 heteroatoms. The van der Waals surface area contributed by atoms with Crippen molar-refractivity contribution in [3.05, 3.63) is 70.8 Å². The van der Waals surface area contributed by atoms with Gasteiger partial charge in [-0.25, -0.2) is 4.39 Å². The minimum atomic E-state index is -0.693. The zero-order valence-electron chi connectivity index (χ0n) is 15.7. The maximum atomic E-state index is 14.1. The van der Waals surface area contributed by atoms with E-state index in [9.17, 15) is 14.0 Å². The van der Waals surface area contributed by atoms with Gasteiger partial charge in [-0.1, -0.05) is 47.1 Å². The van der Waals surface area contributed by atoms with Crippen molar-refractivity contribution in [2.75, 3.05) is 0 Å². The summed E-state index contributed by atoms with van der Waals surface area (Å²) in [6.07, 6.45) is 0.631. The van der Waals surface area contributed by atoms with Crippen LogP contribution in [0.1, 0.15) is 35.0 Å². The van der Waals surface area contributed by atoms with Crippen LogP contribution >= 0.6 is 11.6 Å². The van der Waals surface area contributed by atoms with Gasteiger partial charge < -0.3 is 15.6 Å². The molecule has 0 spiro atoms. The Labute approximate surface area is 176 Å². The summed E-state index contributed by atoms with van der Waals surface area (Å²) in [5.74, 6) is -2.03. The van der Waals surface area contributed by atoms with Gasteiger partial charge in [0.25, 0.3) is 5.91 Å². The molecule has 1 heterocycles.